The standard InChI is InChI=1S/C30H26F3N3O2/c1-3-35(2)27-13-12-24(30(31,32)33)19-28(27)36(25-10-5-4-6-11-25)29(38)26(20-37)23-9-7-8-22(18-23)21-14-16-34-17-15-21/h4-20,26H,3H2,1-2H3. The summed E-state index contributed by atoms with van der Waals surface area (Å²) in [5, 5.41) is 0. The Morgan fingerprint density at radius 1 is 0.895 bits per heavy atom. The van der Waals surface area contributed by atoms with Gasteiger partial charge in [-0.25, -0.2) is 0 Å². The summed E-state index contributed by atoms with van der Waals surface area (Å²) in [5.74, 6) is -1.92. The zero-order valence-corrected chi connectivity index (χ0v) is 20.9. The fourth-order valence-electron chi connectivity index (χ4n) is 4.21. The molecule has 8 heteroatoms. The van der Waals surface area contributed by atoms with Gasteiger partial charge in [-0.3, -0.25) is 14.7 Å². The van der Waals surface area contributed by atoms with Gasteiger partial charge in [0.2, 0.25) is 5.91 Å². The fourth-order valence-corrected chi connectivity index (χ4v) is 4.21. The van der Waals surface area contributed by atoms with Gasteiger partial charge in [0.25, 0.3) is 0 Å². The van der Waals surface area contributed by atoms with E-state index in [1.165, 1.54) is 11.0 Å². The maximum atomic E-state index is 14.1. The molecule has 0 aliphatic heterocycles. The summed E-state index contributed by atoms with van der Waals surface area (Å²) in [6.45, 7) is 2.34. The summed E-state index contributed by atoms with van der Waals surface area (Å²) in [4.78, 5) is 33.5. The van der Waals surface area contributed by atoms with Crippen molar-refractivity contribution in [3.05, 3.63) is 108 Å². The zero-order valence-electron chi connectivity index (χ0n) is 20.9. The van der Waals surface area contributed by atoms with Gasteiger partial charge in [0, 0.05) is 31.7 Å². The molecule has 5 nitrogen and oxygen atoms in total. The Labute approximate surface area is 219 Å². The van der Waals surface area contributed by atoms with Crippen LogP contribution in [0.5, 0.6) is 0 Å². The first-order valence-electron chi connectivity index (χ1n) is 12.0. The van der Waals surface area contributed by atoms with E-state index in [-0.39, 0.29) is 5.69 Å². The second-order valence-corrected chi connectivity index (χ2v) is 8.70. The Kier molecular flexibility index (Phi) is 7.90. The molecule has 0 aliphatic rings. The van der Waals surface area contributed by atoms with E-state index in [1.807, 2.05) is 25.1 Å². The Hall–Kier alpha value is -4.46. The largest absolute Gasteiger partial charge is 0.416 e. The van der Waals surface area contributed by atoms with Crippen LogP contribution in [0, 0.1) is 0 Å². The number of anilines is 3. The van der Waals surface area contributed by atoms with Crippen LogP contribution < -0.4 is 9.80 Å². The van der Waals surface area contributed by atoms with E-state index in [1.54, 1.807) is 72.9 Å². The highest BCUT2D eigenvalue weighted by Gasteiger charge is 2.35. The van der Waals surface area contributed by atoms with Gasteiger partial charge in [-0.15, -0.1) is 0 Å². The van der Waals surface area contributed by atoms with E-state index in [0.717, 1.165) is 23.3 Å². The summed E-state index contributed by atoms with van der Waals surface area (Å²) in [6, 6.07) is 22.3. The number of aldehydes is 1. The van der Waals surface area contributed by atoms with Crippen LogP contribution in [0.2, 0.25) is 0 Å². The number of benzene rings is 3. The van der Waals surface area contributed by atoms with E-state index < -0.39 is 23.6 Å². The molecule has 4 rings (SSSR count). The van der Waals surface area contributed by atoms with Crippen LogP contribution in [-0.4, -0.2) is 30.8 Å². The van der Waals surface area contributed by atoms with Gasteiger partial charge in [0.15, 0.2) is 0 Å². The molecule has 0 saturated heterocycles. The quantitative estimate of drug-likeness (QED) is 0.189. The Bertz CT molecular complexity index is 1410. The highest BCUT2D eigenvalue weighted by molar-refractivity contribution is 6.12. The Balaban J connectivity index is 1.88. The van der Waals surface area contributed by atoms with Crippen molar-refractivity contribution < 1.29 is 22.8 Å². The minimum Gasteiger partial charge on any atom is -0.373 e. The van der Waals surface area contributed by atoms with Crippen LogP contribution in [0.25, 0.3) is 11.1 Å². The van der Waals surface area contributed by atoms with Gasteiger partial charge in [-0.05, 0) is 72.1 Å². The van der Waals surface area contributed by atoms with Gasteiger partial charge in [-0.2, -0.15) is 13.2 Å². The monoisotopic (exact) mass is 517 g/mol. The van der Waals surface area contributed by atoms with Crippen molar-refractivity contribution in [3.63, 3.8) is 0 Å². The summed E-state index contributed by atoms with van der Waals surface area (Å²) in [7, 11) is 1.73. The van der Waals surface area contributed by atoms with Crippen LogP contribution in [0.4, 0.5) is 30.2 Å². The number of hydrogen-bond acceptors (Lipinski definition) is 4. The van der Waals surface area contributed by atoms with Gasteiger partial charge < -0.3 is 9.69 Å². The number of rotatable bonds is 8. The molecule has 0 fully saturated rings. The van der Waals surface area contributed by atoms with Crippen molar-refractivity contribution >= 4 is 29.3 Å². The lowest BCUT2D eigenvalue weighted by atomic mass is 9.94. The van der Waals surface area contributed by atoms with Crippen molar-refractivity contribution in [3.8, 4) is 11.1 Å². The third-order valence-electron chi connectivity index (χ3n) is 6.33. The van der Waals surface area contributed by atoms with E-state index in [9.17, 15) is 22.8 Å². The molecular weight excluding hydrogens is 491 g/mol. The molecule has 194 valence electrons. The number of carbonyl (C=O) groups is 2. The number of para-hydroxylation sites is 1. The summed E-state index contributed by atoms with van der Waals surface area (Å²) >= 11 is 0. The Morgan fingerprint density at radius 2 is 1.61 bits per heavy atom. The molecule has 0 saturated carbocycles. The molecule has 1 heterocycles. The zero-order chi connectivity index (χ0) is 27.3. The normalized spacial score (nSPS) is 12.0. The van der Waals surface area contributed by atoms with Gasteiger partial charge in [0.05, 0.1) is 16.9 Å². The molecule has 3 aromatic carbocycles. The molecule has 38 heavy (non-hydrogen) atoms. The van der Waals surface area contributed by atoms with Crippen LogP contribution in [0.3, 0.4) is 0 Å². The molecule has 0 aliphatic carbocycles. The third-order valence-corrected chi connectivity index (χ3v) is 6.33. The Morgan fingerprint density at radius 3 is 2.24 bits per heavy atom. The first-order chi connectivity index (χ1) is 18.2. The minimum atomic E-state index is -4.62. The van der Waals surface area contributed by atoms with Crippen LogP contribution in [0.1, 0.15) is 24.0 Å². The summed E-state index contributed by atoms with van der Waals surface area (Å²) in [5.41, 5.74) is 1.98. The van der Waals surface area contributed by atoms with Gasteiger partial charge in [-0.1, -0.05) is 36.4 Å². The predicted molar refractivity (Wildman–Crippen MR) is 142 cm³/mol. The second kappa shape index (κ2) is 11.3. The molecule has 0 N–H and O–H groups in total. The van der Waals surface area contributed by atoms with Crippen LogP contribution in [-0.2, 0) is 15.8 Å². The van der Waals surface area contributed by atoms with Crippen molar-refractivity contribution in [2.45, 2.75) is 19.0 Å². The average Bonchev–Trinajstić information content (AvgIpc) is 2.94. The lowest BCUT2D eigenvalue weighted by Gasteiger charge is -2.31. The van der Waals surface area contributed by atoms with Gasteiger partial charge in [0.1, 0.15) is 12.2 Å². The average molecular weight is 518 g/mol. The lowest BCUT2D eigenvalue weighted by Crippen LogP contribution is -2.34. The lowest BCUT2D eigenvalue weighted by molar-refractivity contribution is -0.137. The summed E-state index contributed by atoms with van der Waals surface area (Å²) in [6.07, 6.45) is -0.811. The molecule has 0 spiro atoms. The second-order valence-electron chi connectivity index (χ2n) is 8.70. The minimum absolute atomic E-state index is 0.0394. The molecule has 1 atom stereocenters. The van der Waals surface area contributed by atoms with E-state index in [0.29, 0.717) is 29.8 Å². The van der Waals surface area contributed by atoms with E-state index in [2.05, 4.69) is 4.98 Å². The van der Waals surface area contributed by atoms with Crippen molar-refractivity contribution in [2.75, 3.05) is 23.4 Å². The topological polar surface area (TPSA) is 53.5 Å². The van der Waals surface area contributed by atoms with E-state index >= 15 is 0 Å². The van der Waals surface area contributed by atoms with Crippen molar-refractivity contribution in [1.29, 1.82) is 0 Å². The fraction of sp³-hybridized carbons (Fsp3) is 0.167. The molecule has 1 amide bonds. The number of carbonyl (C=O) groups excluding carboxylic acids is 2. The molecule has 1 unspecified atom stereocenters. The molecular formula is C30H26F3N3O2. The highest BCUT2D eigenvalue weighted by Crippen LogP contribution is 2.41. The van der Waals surface area contributed by atoms with E-state index in [4.69, 9.17) is 0 Å². The first-order valence-corrected chi connectivity index (χ1v) is 12.0. The number of pyridine rings is 1. The summed E-state index contributed by atoms with van der Waals surface area (Å²) < 4.78 is 41.3. The smallest absolute Gasteiger partial charge is 0.373 e. The number of halogens is 3. The maximum Gasteiger partial charge on any atom is 0.416 e. The SMILES string of the molecule is CCN(C)c1ccc(C(F)(F)F)cc1N(C(=O)C(C=O)c1cccc(-c2ccncc2)c1)c1ccccc1. The number of hydrogen-bond donors (Lipinski definition) is 0. The third kappa shape index (κ3) is 5.59. The highest BCUT2D eigenvalue weighted by atomic mass is 19.4. The van der Waals surface area contributed by atoms with Crippen molar-refractivity contribution in [2.24, 2.45) is 0 Å². The maximum absolute atomic E-state index is 14.1. The number of alkyl halides is 3. The first kappa shape index (κ1) is 26.6. The van der Waals surface area contributed by atoms with Crippen molar-refractivity contribution in [1.82, 2.24) is 4.98 Å². The van der Waals surface area contributed by atoms with Crippen LogP contribution in [0.15, 0.2) is 97.3 Å². The van der Waals surface area contributed by atoms with Crippen LogP contribution >= 0.6 is 0 Å². The van der Waals surface area contributed by atoms with Gasteiger partial charge >= 0.3 is 6.18 Å². The molecule has 1 aromatic heterocycles. The molecule has 0 radical (unpaired) electrons. The molecule has 4 aromatic rings. The number of nitrogens with zero attached hydrogens (tertiary/aromatic N) is 3. The number of aromatic nitrogens is 1. The number of amides is 1. The predicted octanol–water partition coefficient (Wildman–Crippen LogP) is 6.87. The molecule has 0 bridgehead atoms.